The molecule has 13 heavy (non-hydrogen) atoms. The lowest BCUT2D eigenvalue weighted by atomic mass is 10.2. The van der Waals surface area contributed by atoms with Crippen LogP contribution in [-0.2, 0) is 0 Å². The number of hydrogen-bond acceptors (Lipinski definition) is 2. The molecule has 0 aliphatic heterocycles. The SMILES string of the molecule is CC(CCCN(C)C)NC(N)=O.Cl. The standard InChI is InChI=1S/C8H19N3O.ClH/c1-7(10-8(9)12)5-4-6-11(2)3;/h7H,4-6H2,1-3H3,(H3,9,10,12);1H. The van der Waals surface area contributed by atoms with Gasteiger partial charge in [0, 0.05) is 6.04 Å². The summed E-state index contributed by atoms with van der Waals surface area (Å²) >= 11 is 0. The molecular weight excluding hydrogens is 190 g/mol. The molecule has 0 aromatic heterocycles. The van der Waals surface area contributed by atoms with Gasteiger partial charge in [0.2, 0.25) is 0 Å². The molecule has 0 spiro atoms. The van der Waals surface area contributed by atoms with Crippen LogP contribution in [0.15, 0.2) is 0 Å². The molecule has 0 fully saturated rings. The van der Waals surface area contributed by atoms with Crippen molar-refractivity contribution in [3.63, 3.8) is 0 Å². The number of nitrogens with two attached hydrogens (primary N) is 1. The van der Waals surface area contributed by atoms with E-state index in [1.165, 1.54) is 0 Å². The maximum Gasteiger partial charge on any atom is 0.312 e. The zero-order valence-electron chi connectivity index (χ0n) is 8.54. The number of carbonyl (C=O) groups excluding carboxylic acids is 1. The Hall–Kier alpha value is -0.480. The molecule has 5 heteroatoms. The van der Waals surface area contributed by atoms with Crippen LogP contribution in [0.5, 0.6) is 0 Å². The van der Waals surface area contributed by atoms with E-state index in [0.717, 1.165) is 19.4 Å². The Bertz CT molecular complexity index is 141. The molecule has 1 atom stereocenters. The second-order valence-electron chi connectivity index (χ2n) is 3.36. The lowest BCUT2D eigenvalue weighted by Gasteiger charge is -2.13. The highest BCUT2D eigenvalue weighted by Crippen LogP contribution is 1.96. The number of urea groups is 1. The molecule has 0 bridgehead atoms. The number of rotatable bonds is 5. The minimum atomic E-state index is -0.438. The van der Waals surface area contributed by atoms with E-state index in [-0.39, 0.29) is 18.4 Å². The highest BCUT2D eigenvalue weighted by atomic mass is 35.5. The van der Waals surface area contributed by atoms with Crippen molar-refractivity contribution >= 4 is 18.4 Å². The van der Waals surface area contributed by atoms with Gasteiger partial charge in [-0.1, -0.05) is 0 Å². The summed E-state index contributed by atoms with van der Waals surface area (Å²) in [6.45, 7) is 3.01. The van der Waals surface area contributed by atoms with E-state index in [2.05, 4.69) is 10.2 Å². The van der Waals surface area contributed by atoms with Crippen LogP contribution in [0.25, 0.3) is 0 Å². The van der Waals surface area contributed by atoms with Gasteiger partial charge in [-0.3, -0.25) is 0 Å². The van der Waals surface area contributed by atoms with E-state index in [9.17, 15) is 4.79 Å². The fourth-order valence-corrected chi connectivity index (χ4v) is 1.03. The first-order valence-electron chi connectivity index (χ1n) is 4.23. The Kier molecular flexibility index (Phi) is 9.39. The number of hydrogen-bond donors (Lipinski definition) is 2. The van der Waals surface area contributed by atoms with E-state index < -0.39 is 6.03 Å². The summed E-state index contributed by atoms with van der Waals surface area (Å²) in [5.74, 6) is 0. The summed E-state index contributed by atoms with van der Waals surface area (Å²) in [6, 6.07) is -0.255. The topological polar surface area (TPSA) is 58.4 Å². The molecule has 1 unspecified atom stereocenters. The van der Waals surface area contributed by atoms with Gasteiger partial charge in [-0.25, -0.2) is 4.79 Å². The predicted octanol–water partition coefficient (Wildman–Crippen LogP) is 0.807. The van der Waals surface area contributed by atoms with Crippen molar-refractivity contribution < 1.29 is 4.79 Å². The zero-order valence-corrected chi connectivity index (χ0v) is 9.36. The second kappa shape index (κ2) is 8.13. The quantitative estimate of drug-likeness (QED) is 0.704. The van der Waals surface area contributed by atoms with Gasteiger partial charge >= 0.3 is 6.03 Å². The highest BCUT2D eigenvalue weighted by molar-refractivity contribution is 5.85. The van der Waals surface area contributed by atoms with E-state index in [4.69, 9.17) is 5.73 Å². The normalized spacial score (nSPS) is 12.0. The van der Waals surface area contributed by atoms with E-state index in [1.54, 1.807) is 0 Å². The van der Waals surface area contributed by atoms with Crippen molar-refractivity contribution in [2.75, 3.05) is 20.6 Å². The molecule has 4 nitrogen and oxygen atoms in total. The Labute approximate surface area is 86.3 Å². The van der Waals surface area contributed by atoms with Crippen LogP contribution < -0.4 is 11.1 Å². The van der Waals surface area contributed by atoms with Crippen LogP contribution in [0.3, 0.4) is 0 Å². The van der Waals surface area contributed by atoms with Crippen LogP contribution in [0.2, 0.25) is 0 Å². The van der Waals surface area contributed by atoms with Gasteiger partial charge in [-0.05, 0) is 40.4 Å². The summed E-state index contributed by atoms with van der Waals surface area (Å²) in [4.78, 5) is 12.5. The third-order valence-electron chi connectivity index (χ3n) is 1.63. The van der Waals surface area contributed by atoms with Gasteiger partial charge in [-0.2, -0.15) is 0 Å². The first-order valence-corrected chi connectivity index (χ1v) is 4.23. The largest absolute Gasteiger partial charge is 0.352 e. The van der Waals surface area contributed by atoms with Crippen molar-refractivity contribution in [1.82, 2.24) is 10.2 Å². The second-order valence-corrected chi connectivity index (χ2v) is 3.36. The number of amides is 2. The van der Waals surface area contributed by atoms with E-state index in [0.29, 0.717) is 0 Å². The van der Waals surface area contributed by atoms with Crippen LogP contribution in [0.4, 0.5) is 4.79 Å². The van der Waals surface area contributed by atoms with Gasteiger partial charge < -0.3 is 16.0 Å². The van der Waals surface area contributed by atoms with Crippen LogP contribution in [-0.4, -0.2) is 37.6 Å². The Balaban J connectivity index is 0. The summed E-state index contributed by atoms with van der Waals surface area (Å²) in [5, 5.41) is 2.64. The monoisotopic (exact) mass is 209 g/mol. The van der Waals surface area contributed by atoms with Crippen molar-refractivity contribution in [1.29, 1.82) is 0 Å². The molecular formula is C8H20ClN3O. The molecule has 0 aromatic carbocycles. The number of primary amides is 1. The van der Waals surface area contributed by atoms with Crippen molar-refractivity contribution in [2.45, 2.75) is 25.8 Å². The van der Waals surface area contributed by atoms with Crippen molar-refractivity contribution in [3.8, 4) is 0 Å². The van der Waals surface area contributed by atoms with Gasteiger partial charge in [0.05, 0.1) is 0 Å². The fraction of sp³-hybridized carbons (Fsp3) is 0.875. The number of carbonyl (C=O) groups is 1. The van der Waals surface area contributed by atoms with E-state index in [1.807, 2.05) is 21.0 Å². The number of halogens is 1. The smallest absolute Gasteiger partial charge is 0.312 e. The number of nitrogens with zero attached hydrogens (tertiary/aromatic N) is 1. The first-order chi connectivity index (χ1) is 5.52. The molecule has 0 rings (SSSR count). The molecule has 0 radical (unpaired) electrons. The Morgan fingerprint density at radius 1 is 1.54 bits per heavy atom. The minimum Gasteiger partial charge on any atom is -0.352 e. The Morgan fingerprint density at radius 3 is 2.46 bits per heavy atom. The summed E-state index contributed by atoms with van der Waals surface area (Å²) in [7, 11) is 4.07. The third-order valence-corrected chi connectivity index (χ3v) is 1.63. The average molecular weight is 210 g/mol. The van der Waals surface area contributed by atoms with Crippen LogP contribution in [0.1, 0.15) is 19.8 Å². The molecule has 2 amide bonds. The minimum absolute atomic E-state index is 0. The lowest BCUT2D eigenvalue weighted by molar-refractivity contribution is 0.245. The molecule has 0 saturated carbocycles. The van der Waals surface area contributed by atoms with E-state index >= 15 is 0 Å². The maximum atomic E-state index is 10.4. The fourth-order valence-electron chi connectivity index (χ4n) is 1.03. The summed E-state index contributed by atoms with van der Waals surface area (Å²) in [5.41, 5.74) is 4.96. The maximum absolute atomic E-state index is 10.4. The van der Waals surface area contributed by atoms with Gasteiger partial charge in [-0.15, -0.1) is 12.4 Å². The third kappa shape index (κ3) is 11.5. The highest BCUT2D eigenvalue weighted by Gasteiger charge is 2.02. The van der Waals surface area contributed by atoms with Crippen LogP contribution in [0, 0.1) is 0 Å². The van der Waals surface area contributed by atoms with Gasteiger partial charge in [0.15, 0.2) is 0 Å². The molecule has 80 valence electrons. The Morgan fingerprint density at radius 2 is 2.08 bits per heavy atom. The summed E-state index contributed by atoms with van der Waals surface area (Å²) in [6.07, 6.45) is 2.05. The first kappa shape index (κ1) is 15.0. The molecule has 0 heterocycles. The van der Waals surface area contributed by atoms with Crippen LogP contribution >= 0.6 is 12.4 Å². The molecule has 0 aliphatic rings. The van der Waals surface area contributed by atoms with Crippen molar-refractivity contribution in [3.05, 3.63) is 0 Å². The van der Waals surface area contributed by atoms with Gasteiger partial charge in [0.25, 0.3) is 0 Å². The lowest BCUT2D eigenvalue weighted by Crippen LogP contribution is -2.37. The molecule has 0 aromatic rings. The van der Waals surface area contributed by atoms with Crippen molar-refractivity contribution in [2.24, 2.45) is 5.73 Å². The predicted molar refractivity (Wildman–Crippen MR) is 57.2 cm³/mol. The molecule has 0 saturated heterocycles. The average Bonchev–Trinajstić information content (AvgIpc) is 1.84. The van der Waals surface area contributed by atoms with Gasteiger partial charge in [0.1, 0.15) is 0 Å². The zero-order chi connectivity index (χ0) is 9.56. The molecule has 3 N–H and O–H groups in total. The molecule has 0 aliphatic carbocycles. The summed E-state index contributed by atoms with van der Waals surface area (Å²) < 4.78 is 0. The number of nitrogens with one attached hydrogen (secondary N) is 1.